The first-order valence-electron chi connectivity index (χ1n) is 6.64. The number of fused-ring (bicyclic) bond motifs is 1. The van der Waals surface area contributed by atoms with Crippen LogP contribution in [0, 0.1) is 0 Å². The average Bonchev–Trinajstić information content (AvgIpc) is 2.72. The molecule has 21 heavy (non-hydrogen) atoms. The molecule has 108 valence electrons. The molecule has 0 amide bonds. The van der Waals surface area contributed by atoms with Crippen LogP contribution in [0.15, 0.2) is 36.7 Å². The van der Waals surface area contributed by atoms with E-state index in [4.69, 9.17) is 27.4 Å². The summed E-state index contributed by atoms with van der Waals surface area (Å²) in [5.41, 5.74) is 8.10. The fourth-order valence-corrected chi connectivity index (χ4v) is 2.28. The van der Waals surface area contributed by atoms with Crippen LogP contribution in [-0.4, -0.2) is 23.2 Å². The fraction of sp³-hybridized carbons (Fsp3) is 0.200. The lowest BCUT2D eigenvalue weighted by Gasteiger charge is -2.13. The van der Waals surface area contributed by atoms with E-state index in [2.05, 4.69) is 10.3 Å². The van der Waals surface area contributed by atoms with Gasteiger partial charge in [0, 0.05) is 29.9 Å². The topological polar surface area (TPSA) is 69.4 Å². The molecule has 0 radical (unpaired) electrons. The Balaban J connectivity index is 1.89. The second-order valence-corrected chi connectivity index (χ2v) is 5.06. The van der Waals surface area contributed by atoms with Crippen molar-refractivity contribution in [2.45, 2.75) is 6.42 Å². The number of hydrogen-bond acceptors (Lipinski definition) is 5. The Labute approximate surface area is 128 Å². The van der Waals surface area contributed by atoms with Gasteiger partial charge in [0.25, 0.3) is 0 Å². The molecule has 1 aromatic heterocycles. The molecular formula is C15H15N3O2S. The summed E-state index contributed by atoms with van der Waals surface area (Å²) in [4.78, 5) is 4.42. The van der Waals surface area contributed by atoms with E-state index in [1.165, 1.54) is 0 Å². The van der Waals surface area contributed by atoms with Gasteiger partial charge in [-0.25, -0.2) is 0 Å². The molecule has 6 heteroatoms. The lowest BCUT2D eigenvalue weighted by Crippen LogP contribution is -2.12. The molecule has 2 aromatic rings. The maximum Gasteiger partial charge on any atom is 0.163 e. The lowest BCUT2D eigenvalue weighted by atomic mass is 10.2. The van der Waals surface area contributed by atoms with E-state index in [9.17, 15) is 0 Å². The summed E-state index contributed by atoms with van der Waals surface area (Å²) in [6.45, 7) is 1.33. The van der Waals surface area contributed by atoms with Crippen molar-refractivity contribution in [2.75, 3.05) is 18.5 Å². The summed E-state index contributed by atoms with van der Waals surface area (Å²) < 4.78 is 11.3. The Morgan fingerprint density at radius 3 is 2.81 bits per heavy atom. The van der Waals surface area contributed by atoms with Gasteiger partial charge < -0.3 is 20.5 Å². The van der Waals surface area contributed by atoms with Crippen molar-refractivity contribution in [3.63, 3.8) is 0 Å². The van der Waals surface area contributed by atoms with Crippen LogP contribution in [0.4, 0.5) is 11.4 Å². The normalized spacial score (nSPS) is 13.3. The van der Waals surface area contributed by atoms with Crippen molar-refractivity contribution in [2.24, 2.45) is 5.73 Å². The minimum Gasteiger partial charge on any atom is -0.490 e. The Hall–Kier alpha value is -2.34. The smallest absolute Gasteiger partial charge is 0.163 e. The summed E-state index contributed by atoms with van der Waals surface area (Å²) in [5, 5.41) is 3.26. The fourth-order valence-electron chi connectivity index (χ4n) is 2.11. The summed E-state index contributed by atoms with van der Waals surface area (Å²) in [6.07, 6.45) is 4.23. The van der Waals surface area contributed by atoms with Crippen LogP contribution in [0.25, 0.3) is 0 Å². The summed E-state index contributed by atoms with van der Waals surface area (Å²) in [5.74, 6) is 1.50. The number of nitrogens with two attached hydrogens (primary N) is 1. The molecule has 3 N–H and O–H groups in total. The van der Waals surface area contributed by atoms with Crippen molar-refractivity contribution < 1.29 is 9.47 Å². The van der Waals surface area contributed by atoms with Gasteiger partial charge in [0.15, 0.2) is 11.5 Å². The molecule has 2 heterocycles. The Bertz CT molecular complexity index is 676. The number of benzene rings is 1. The van der Waals surface area contributed by atoms with Gasteiger partial charge in [-0.3, -0.25) is 4.98 Å². The van der Waals surface area contributed by atoms with E-state index >= 15 is 0 Å². The second kappa shape index (κ2) is 5.97. The van der Waals surface area contributed by atoms with Gasteiger partial charge >= 0.3 is 0 Å². The standard InChI is InChI=1S/C15H15N3O2S/c16-15(21)11-4-5-17-9-12(11)18-10-2-3-13-14(8-10)20-7-1-6-19-13/h2-5,8-9,18H,1,6-7H2,(H2,16,21). The number of thiocarbonyl (C=S) groups is 1. The molecule has 0 spiro atoms. The van der Waals surface area contributed by atoms with Gasteiger partial charge in [-0.15, -0.1) is 0 Å². The summed E-state index contributed by atoms with van der Waals surface area (Å²) in [7, 11) is 0. The molecule has 1 aliphatic rings. The van der Waals surface area contributed by atoms with E-state index in [1.807, 2.05) is 18.2 Å². The highest BCUT2D eigenvalue weighted by molar-refractivity contribution is 7.80. The van der Waals surface area contributed by atoms with Crippen molar-refractivity contribution >= 4 is 28.6 Å². The Morgan fingerprint density at radius 2 is 2.00 bits per heavy atom. The summed E-state index contributed by atoms with van der Waals surface area (Å²) >= 11 is 5.05. The molecule has 0 saturated carbocycles. The first kappa shape index (κ1) is 13.6. The molecule has 0 aliphatic carbocycles. The molecule has 5 nitrogen and oxygen atoms in total. The van der Waals surface area contributed by atoms with E-state index in [0.717, 1.165) is 34.9 Å². The van der Waals surface area contributed by atoms with Crippen molar-refractivity contribution in [1.82, 2.24) is 4.98 Å². The molecule has 0 fully saturated rings. The second-order valence-electron chi connectivity index (χ2n) is 4.62. The quantitative estimate of drug-likeness (QED) is 0.849. The number of aromatic nitrogens is 1. The van der Waals surface area contributed by atoms with Crippen molar-refractivity contribution in [1.29, 1.82) is 0 Å². The molecule has 0 saturated heterocycles. The molecule has 0 atom stereocenters. The number of pyridine rings is 1. The lowest BCUT2D eigenvalue weighted by molar-refractivity contribution is 0.297. The van der Waals surface area contributed by atoms with Crippen LogP contribution in [-0.2, 0) is 0 Å². The first-order valence-corrected chi connectivity index (χ1v) is 7.05. The van der Waals surface area contributed by atoms with Gasteiger partial charge in [-0.05, 0) is 18.2 Å². The SMILES string of the molecule is NC(=S)c1ccncc1Nc1ccc2c(c1)OCCCO2. The van der Waals surface area contributed by atoms with Crippen LogP contribution in [0.1, 0.15) is 12.0 Å². The van der Waals surface area contributed by atoms with E-state index in [0.29, 0.717) is 18.2 Å². The monoisotopic (exact) mass is 301 g/mol. The molecule has 1 aromatic carbocycles. The third-order valence-electron chi connectivity index (χ3n) is 3.11. The van der Waals surface area contributed by atoms with Gasteiger partial charge in [0.2, 0.25) is 0 Å². The summed E-state index contributed by atoms with van der Waals surface area (Å²) in [6, 6.07) is 7.49. The Kier molecular flexibility index (Phi) is 3.87. The zero-order valence-electron chi connectivity index (χ0n) is 11.3. The minimum absolute atomic E-state index is 0.328. The molecule has 0 bridgehead atoms. The van der Waals surface area contributed by atoms with E-state index in [-0.39, 0.29) is 0 Å². The predicted molar refractivity (Wildman–Crippen MR) is 85.5 cm³/mol. The molecule has 3 rings (SSSR count). The highest BCUT2D eigenvalue weighted by Gasteiger charge is 2.12. The Morgan fingerprint density at radius 1 is 1.19 bits per heavy atom. The van der Waals surface area contributed by atoms with Crippen molar-refractivity contribution in [3.8, 4) is 11.5 Å². The van der Waals surface area contributed by atoms with E-state index < -0.39 is 0 Å². The zero-order valence-corrected chi connectivity index (χ0v) is 12.2. The van der Waals surface area contributed by atoms with Gasteiger partial charge in [-0.2, -0.15) is 0 Å². The number of nitrogens with one attached hydrogen (secondary N) is 1. The van der Waals surface area contributed by atoms with Crippen molar-refractivity contribution in [3.05, 3.63) is 42.2 Å². The van der Waals surface area contributed by atoms with E-state index in [1.54, 1.807) is 18.5 Å². The highest BCUT2D eigenvalue weighted by Crippen LogP contribution is 2.33. The van der Waals surface area contributed by atoms with Gasteiger partial charge in [0.05, 0.1) is 25.1 Å². The molecule has 0 unspecified atom stereocenters. The number of ether oxygens (including phenoxy) is 2. The number of nitrogens with zero attached hydrogens (tertiary/aromatic N) is 1. The number of hydrogen-bond donors (Lipinski definition) is 2. The van der Waals surface area contributed by atoms with Crippen LogP contribution in [0.2, 0.25) is 0 Å². The minimum atomic E-state index is 0.328. The van der Waals surface area contributed by atoms with Crippen LogP contribution in [0.3, 0.4) is 0 Å². The number of rotatable bonds is 3. The van der Waals surface area contributed by atoms with Gasteiger partial charge in [-0.1, -0.05) is 12.2 Å². The predicted octanol–water partition coefficient (Wildman–Crippen LogP) is 2.62. The largest absolute Gasteiger partial charge is 0.490 e. The maximum atomic E-state index is 5.72. The van der Waals surface area contributed by atoms with Gasteiger partial charge in [0.1, 0.15) is 4.99 Å². The zero-order chi connectivity index (χ0) is 14.7. The highest BCUT2D eigenvalue weighted by atomic mass is 32.1. The third-order valence-corrected chi connectivity index (χ3v) is 3.33. The van der Waals surface area contributed by atoms with Crippen LogP contribution >= 0.6 is 12.2 Å². The third kappa shape index (κ3) is 3.05. The van der Waals surface area contributed by atoms with Crippen LogP contribution < -0.4 is 20.5 Å². The first-order chi connectivity index (χ1) is 10.2. The average molecular weight is 301 g/mol. The molecule has 1 aliphatic heterocycles. The number of anilines is 2. The van der Waals surface area contributed by atoms with Crippen LogP contribution in [0.5, 0.6) is 11.5 Å². The molecular weight excluding hydrogens is 286 g/mol. The maximum absolute atomic E-state index is 5.72.